The summed E-state index contributed by atoms with van der Waals surface area (Å²) >= 11 is 0. The summed E-state index contributed by atoms with van der Waals surface area (Å²) in [6.07, 6.45) is 6.69. The molecule has 0 aliphatic rings. The van der Waals surface area contributed by atoms with Crippen LogP contribution in [0.4, 0.5) is 0 Å². The van der Waals surface area contributed by atoms with E-state index in [0.29, 0.717) is 26.2 Å². The maximum atomic E-state index is 5.84. The Hall–Kier alpha value is -0.403. The van der Waals surface area contributed by atoms with Crippen LogP contribution in [0.3, 0.4) is 0 Å². The highest BCUT2D eigenvalue weighted by Crippen LogP contribution is 2.21. The van der Waals surface area contributed by atoms with Crippen molar-refractivity contribution >= 4 is 10.2 Å². The molecule has 0 spiro atoms. The molecule has 0 aliphatic heterocycles. The second kappa shape index (κ2) is 9.52. The van der Waals surface area contributed by atoms with Crippen LogP contribution in [0.5, 0.6) is 0 Å². The molecule has 0 aromatic carbocycles. The number of nitrogens with zero attached hydrogens (tertiary/aromatic N) is 2. The Balaban J connectivity index is 0.00000361. The minimum atomic E-state index is -0.480. The number of hydrogen-bond donors (Lipinski definition) is 0. The van der Waals surface area contributed by atoms with Crippen molar-refractivity contribution in [2.45, 2.75) is 38.8 Å². The molecule has 20 heavy (non-hydrogen) atoms. The Labute approximate surface area is 131 Å². The van der Waals surface area contributed by atoms with Gasteiger partial charge in [0.05, 0.1) is 23.7 Å². The molecule has 1 aromatic heterocycles. The Morgan fingerprint density at radius 3 is 2.20 bits per heavy atom. The van der Waals surface area contributed by atoms with Crippen LogP contribution in [0.2, 0.25) is 0 Å². The number of ether oxygens (including phenoxy) is 3. The molecule has 1 aromatic rings. The zero-order valence-electron chi connectivity index (χ0n) is 13.1. The van der Waals surface area contributed by atoms with Crippen LogP contribution >= 0.6 is 0 Å². The van der Waals surface area contributed by atoms with Gasteiger partial charge in [-0.05, 0) is 20.8 Å². The number of halogens is 1. The van der Waals surface area contributed by atoms with Gasteiger partial charge in [-0.3, -0.25) is 0 Å². The molecule has 0 aliphatic carbocycles. The van der Waals surface area contributed by atoms with Crippen molar-refractivity contribution in [2.75, 3.05) is 19.8 Å². The van der Waals surface area contributed by atoms with E-state index in [2.05, 4.69) is 4.57 Å². The van der Waals surface area contributed by atoms with Crippen molar-refractivity contribution in [2.24, 2.45) is 7.05 Å². The second-order valence-electron chi connectivity index (χ2n) is 4.64. The van der Waals surface area contributed by atoms with Gasteiger partial charge in [0.25, 0.3) is 0 Å². The highest BCUT2D eigenvalue weighted by molar-refractivity contribution is 6.13. The minimum absolute atomic E-state index is 0. The zero-order chi connectivity index (χ0) is 14.3. The number of rotatable bonds is 9. The first-order valence-corrected chi connectivity index (χ1v) is 7.96. The third-order valence-electron chi connectivity index (χ3n) is 2.93. The van der Waals surface area contributed by atoms with Crippen LogP contribution in [0.1, 0.15) is 33.4 Å². The van der Waals surface area contributed by atoms with E-state index in [0.717, 1.165) is 10.2 Å². The van der Waals surface area contributed by atoms with Crippen LogP contribution in [-0.2, 0) is 21.3 Å². The van der Waals surface area contributed by atoms with Gasteiger partial charge in [0, 0.05) is 19.8 Å². The summed E-state index contributed by atoms with van der Waals surface area (Å²) in [6.45, 7) is 7.98. The SMILES string of the molecule is CCOC(CC([SiH3])(OCC)OCC)[n+]1ccn(C)c1.[Cl-]. The molecule has 0 fully saturated rings. The molecule has 0 saturated carbocycles. The first kappa shape index (κ1) is 19.6. The summed E-state index contributed by atoms with van der Waals surface area (Å²) in [5.41, 5.74) is -0.480. The van der Waals surface area contributed by atoms with Gasteiger partial charge < -0.3 is 26.6 Å². The van der Waals surface area contributed by atoms with E-state index in [1.54, 1.807) is 0 Å². The van der Waals surface area contributed by atoms with Crippen LogP contribution in [0.15, 0.2) is 18.7 Å². The lowest BCUT2D eigenvalue weighted by atomic mass is 10.3. The van der Waals surface area contributed by atoms with Crippen LogP contribution in [0, 0.1) is 0 Å². The van der Waals surface area contributed by atoms with Crippen LogP contribution in [0.25, 0.3) is 0 Å². The molecule has 1 rings (SSSR count). The fraction of sp³-hybridized carbons (Fsp3) is 0.769. The molecule has 1 unspecified atom stereocenters. The normalized spacial score (nSPS) is 13.2. The summed E-state index contributed by atoms with van der Waals surface area (Å²) < 4.78 is 21.5. The quantitative estimate of drug-likeness (QED) is 0.283. The Morgan fingerprint density at radius 1 is 1.20 bits per heavy atom. The summed E-state index contributed by atoms with van der Waals surface area (Å²) in [5.74, 6) is 0. The molecule has 0 radical (unpaired) electrons. The maximum Gasteiger partial charge on any atom is 0.245 e. The first-order valence-electron chi connectivity index (χ1n) is 6.96. The summed E-state index contributed by atoms with van der Waals surface area (Å²) in [7, 11) is 2.80. The number of hydrogen-bond acceptors (Lipinski definition) is 3. The minimum Gasteiger partial charge on any atom is -1.00 e. The lowest BCUT2D eigenvalue weighted by molar-refractivity contribution is -0.765. The highest BCUT2D eigenvalue weighted by atomic mass is 35.5. The number of aromatic nitrogens is 2. The van der Waals surface area contributed by atoms with Gasteiger partial charge in [0.1, 0.15) is 17.8 Å². The second-order valence-corrected chi connectivity index (χ2v) is 6.16. The highest BCUT2D eigenvalue weighted by Gasteiger charge is 2.32. The van der Waals surface area contributed by atoms with Gasteiger partial charge in [-0.1, -0.05) is 0 Å². The molecule has 1 atom stereocenters. The van der Waals surface area contributed by atoms with E-state index in [4.69, 9.17) is 14.2 Å². The van der Waals surface area contributed by atoms with E-state index in [9.17, 15) is 0 Å². The van der Waals surface area contributed by atoms with Crippen molar-refractivity contribution in [3.8, 4) is 0 Å². The van der Waals surface area contributed by atoms with Crippen molar-refractivity contribution in [3.63, 3.8) is 0 Å². The molecule has 7 heteroatoms. The smallest absolute Gasteiger partial charge is 0.245 e. The third-order valence-corrected chi connectivity index (χ3v) is 3.91. The zero-order valence-corrected chi connectivity index (χ0v) is 15.9. The Morgan fingerprint density at radius 2 is 1.80 bits per heavy atom. The predicted molar refractivity (Wildman–Crippen MR) is 76.8 cm³/mol. The average molecular weight is 323 g/mol. The topological polar surface area (TPSA) is 36.5 Å². The fourth-order valence-corrected chi connectivity index (χ4v) is 3.10. The number of imidazole rings is 1. The first-order chi connectivity index (χ1) is 9.04. The van der Waals surface area contributed by atoms with Gasteiger partial charge in [-0.15, -0.1) is 0 Å². The Kier molecular flexibility index (Phi) is 9.33. The van der Waals surface area contributed by atoms with E-state index >= 15 is 0 Å². The van der Waals surface area contributed by atoms with E-state index in [1.165, 1.54) is 0 Å². The molecular formula is C13H27ClN2O3Si. The molecule has 5 nitrogen and oxygen atoms in total. The molecular weight excluding hydrogens is 296 g/mol. The lowest BCUT2D eigenvalue weighted by Gasteiger charge is -2.31. The van der Waals surface area contributed by atoms with Crippen molar-refractivity contribution in [3.05, 3.63) is 18.7 Å². The summed E-state index contributed by atoms with van der Waals surface area (Å²) in [6, 6.07) is 0. The van der Waals surface area contributed by atoms with Crippen LogP contribution < -0.4 is 17.0 Å². The molecule has 0 amide bonds. The van der Waals surface area contributed by atoms with E-state index in [1.807, 2.05) is 51.1 Å². The monoisotopic (exact) mass is 322 g/mol. The van der Waals surface area contributed by atoms with E-state index < -0.39 is 5.41 Å². The molecule has 0 saturated heterocycles. The van der Waals surface area contributed by atoms with Gasteiger partial charge in [0.2, 0.25) is 12.6 Å². The molecule has 0 bridgehead atoms. The molecule has 1 heterocycles. The number of aryl methyl sites for hydroxylation is 1. The van der Waals surface area contributed by atoms with Crippen LogP contribution in [-0.4, -0.2) is 40.0 Å². The summed E-state index contributed by atoms with van der Waals surface area (Å²) in [5, 5.41) is 0. The standard InChI is InChI=1S/C13H27N2O3Si.ClH/c1-5-16-12(15-9-8-14(4)11-15)10-13(19,17-6-2)18-7-3;/h8-9,11-12H,5-7,10H2,1-4,19H3;1H/q+1;/p-1. The van der Waals surface area contributed by atoms with Gasteiger partial charge in [-0.2, -0.15) is 0 Å². The lowest BCUT2D eigenvalue weighted by Crippen LogP contribution is -3.00. The van der Waals surface area contributed by atoms with Crippen molar-refractivity contribution in [1.82, 2.24) is 4.57 Å². The van der Waals surface area contributed by atoms with Gasteiger partial charge >= 0.3 is 0 Å². The largest absolute Gasteiger partial charge is 1.00 e. The maximum absolute atomic E-state index is 5.84. The van der Waals surface area contributed by atoms with Gasteiger partial charge in [-0.25, -0.2) is 9.13 Å². The summed E-state index contributed by atoms with van der Waals surface area (Å²) in [4.78, 5) is 0. The predicted octanol–water partition coefficient (Wildman–Crippen LogP) is -2.67. The molecule has 0 N–H and O–H groups in total. The van der Waals surface area contributed by atoms with Crippen molar-refractivity contribution < 1.29 is 31.2 Å². The third kappa shape index (κ3) is 5.93. The molecule has 118 valence electrons. The van der Waals surface area contributed by atoms with E-state index in [-0.39, 0.29) is 18.6 Å². The Bertz CT molecular complexity index is 370. The van der Waals surface area contributed by atoms with Crippen molar-refractivity contribution in [1.29, 1.82) is 0 Å². The van der Waals surface area contributed by atoms with Gasteiger partial charge in [0.15, 0.2) is 0 Å². The average Bonchev–Trinajstić information content (AvgIpc) is 2.76. The fourth-order valence-electron chi connectivity index (χ4n) is 2.17.